The molecule has 2 aromatic rings. The van der Waals surface area contributed by atoms with Gasteiger partial charge >= 0.3 is 0 Å². The highest BCUT2D eigenvalue weighted by molar-refractivity contribution is 14.1. The quantitative estimate of drug-likeness (QED) is 0.380. The van der Waals surface area contributed by atoms with Crippen LogP contribution in [0.15, 0.2) is 48.5 Å². The van der Waals surface area contributed by atoms with Crippen LogP contribution in [0.3, 0.4) is 0 Å². The maximum atomic E-state index is 12.1. The third-order valence-electron chi connectivity index (χ3n) is 3.68. The molecule has 0 fully saturated rings. The predicted molar refractivity (Wildman–Crippen MR) is 112 cm³/mol. The zero-order valence-corrected chi connectivity index (χ0v) is 16.7. The van der Waals surface area contributed by atoms with Crippen LogP contribution in [0.2, 0.25) is 0 Å². The van der Waals surface area contributed by atoms with Gasteiger partial charge in [-0.05, 0) is 65.4 Å². The number of unbranched alkanes of at least 4 members (excludes halogenated alkanes) is 3. The zero-order valence-electron chi connectivity index (χ0n) is 14.6. The molecule has 0 bridgehead atoms. The third-order valence-corrected chi connectivity index (χ3v) is 4.40. The number of amides is 1. The lowest BCUT2D eigenvalue weighted by atomic mass is 10.2. The molecule has 0 unspecified atom stereocenters. The van der Waals surface area contributed by atoms with E-state index in [1.807, 2.05) is 48.5 Å². The fourth-order valence-corrected chi connectivity index (χ4v) is 2.70. The molecule has 2 N–H and O–H groups in total. The minimum Gasteiger partial charge on any atom is -0.494 e. The lowest BCUT2D eigenvalue weighted by molar-refractivity contribution is -0.114. The Morgan fingerprint density at radius 3 is 2.60 bits per heavy atom. The molecule has 5 heteroatoms. The minimum absolute atomic E-state index is 0.0846. The topological polar surface area (TPSA) is 50.4 Å². The first-order valence-electron chi connectivity index (χ1n) is 8.69. The lowest BCUT2D eigenvalue weighted by Crippen LogP contribution is -2.21. The Hall–Kier alpha value is -1.76. The van der Waals surface area contributed by atoms with Gasteiger partial charge in [0.05, 0.1) is 13.2 Å². The highest BCUT2D eigenvalue weighted by Crippen LogP contribution is 2.18. The summed E-state index contributed by atoms with van der Waals surface area (Å²) in [4.78, 5) is 12.1. The van der Waals surface area contributed by atoms with Crippen molar-refractivity contribution in [3.63, 3.8) is 0 Å². The van der Waals surface area contributed by atoms with Gasteiger partial charge in [-0.3, -0.25) is 4.79 Å². The van der Waals surface area contributed by atoms with Crippen molar-refractivity contribution in [2.24, 2.45) is 0 Å². The van der Waals surface area contributed by atoms with E-state index in [-0.39, 0.29) is 12.5 Å². The van der Waals surface area contributed by atoms with Gasteiger partial charge < -0.3 is 15.4 Å². The number of hydrogen-bond acceptors (Lipinski definition) is 3. The average Bonchev–Trinajstić information content (AvgIpc) is 2.61. The first kappa shape index (κ1) is 19.6. The normalized spacial score (nSPS) is 10.3. The number of nitrogens with one attached hydrogen (secondary N) is 2. The van der Waals surface area contributed by atoms with Crippen LogP contribution in [0.1, 0.15) is 32.6 Å². The molecule has 4 nitrogen and oxygen atoms in total. The van der Waals surface area contributed by atoms with E-state index in [1.54, 1.807) is 0 Å². The zero-order chi connectivity index (χ0) is 17.9. The molecule has 0 aliphatic carbocycles. The molecule has 0 atom stereocenters. The maximum absolute atomic E-state index is 12.1. The molecule has 1 amide bonds. The molecule has 0 aliphatic heterocycles. The molecule has 0 aromatic heterocycles. The van der Waals surface area contributed by atoms with Crippen LogP contribution in [-0.2, 0) is 4.79 Å². The van der Waals surface area contributed by atoms with Gasteiger partial charge in [0.1, 0.15) is 5.75 Å². The maximum Gasteiger partial charge on any atom is 0.243 e. The fourth-order valence-electron chi connectivity index (χ4n) is 2.34. The van der Waals surface area contributed by atoms with Crippen molar-refractivity contribution in [2.45, 2.75) is 32.6 Å². The van der Waals surface area contributed by atoms with Crippen molar-refractivity contribution in [1.82, 2.24) is 0 Å². The molecule has 0 aliphatic rings. The monoisotopic (exact) mass is 452 g/mol. The van der Waals surface area contributed by atoms with E-state index in [4.69, 9.17) is 4.74 Å². The lowest BCUT2D eigenvalue weighted by Gasteiger charge is -2.10. The van der Waals surface area contributed by atoms with E-state index in [9.17, 15) is 4.79 Å². The van der Waals surface area contributed by atoms with E-state index >= 15 is 0 Å². The highest BCUT2D eigenvalue weighted by atomic mass is 127. The van der Waals surface area contributed by atoms with E-state index in [1.165, 1.54) is 22.8 Å². The van der Waals surface area contributed by atoms with Gasteiger partial charge in [0.15, 0.2) is 0 Å². The Bertz CT molecular complexity index is 659. The summed E-state index contributed by atoms with van der Waals surface area (Å²) < 4.78 is 6.91. The second-order valence-corrected chi connectivity index (χ2v) is 7.09. The van der Waals surface area contributed by atoms with Crippen LogP contribution in [0.25, 0.3) is 0 Å². The second-order valence-electron chi connectivity index (χ2n) is 5.85. The number of carbonyl (C=O) groups is 1. The Balaban J connectivity index is 1.76. The molecule has 0 saturated carbocycles. The third kappa shape index (κ3) is 7.77. The Morgan fingerprint density at radius 2 is 1.84 bits per heavy atom. The molecule has 134 valence electrons. The summed E-state index contributed by atoms with van der Waals surface area (Å²) in [6.07, 6.45) is 4.71. The molecule has 0 heterocycles. The molecular weight excluding hydrogens is 427 g/mol. The number of halogens is 1. The van der Waals surface area contributed by atoms with Gasteiger partial charge in [-0.25, -0.2) is 0 Å². The van der Waals surface area contributed by atoms with Crippen LogP contribution in [0.4, 0.5) is 11.4 Å². The van der Waals surface area contributed by atoms with Crippen molar-refractivity contribution in [2.75, 3.05) is 23.8 Å². The smallest absolute Gasteiger partial charge is 0.243 e. The molecular formula is C20H25IN2O2. The molecule has 0 radical (unpaired) electrons. The highest BCUT2D eigenvalue weighted by Gasteiger charge is 2.04. The van der Waals surface area contributed by atoms with Crippen molar-refractivity contribution in [3.8, 4) is 5.75 Å². The summed E-state index contributed by atoms with van der Waals surface area (Å²) in [6.45, 7) is 3.13. The van der Waals surface area contributed by atoms with Crippen LogP contribution in [0.5, 0.6) is 5.75 Å². The van der Waals surface area contributed by atoms with Crippen molar-refractivity contribution in [1.29, 1.82) is 0 Å². The number of hydrogen-bond donors (Lipinski definition) is 2. The summed E-state index contributed by atoms with van der Waals surface area (Å²) in [5.41, 5.74) is 1.68. The van der Waals surface area contributed by atoms with Gasteiger partial charge in [0.2, 0.25) is 5.91 Å². The van der Waals surface area contributed by atoms with Crippen molar-refractivity contribution in [3.05, 3.63) is 52.1 Å². The van der Waals surface area contributed by atoms with Crippen LogP contribution < -0.4 is 15.4 Å². The Morgan fingerprint density at radius 1 is 1.04 bits per heavy atom. The van der Waals surface area contributed by atoms with Crippen LogP contribution in [0, 0.1) is 3.57 Å². The van der Waals surface area contributed by atoms with Gasteiger partial charge in [0, 0.05) is 21.0 Å². The largest absolute Gasteiger partial charge is 0.494 e. The molecule has 2 rings (SSSR count). The first-order chi connectivity index (χ1) is 12.2. The second kappa shape index (κ2) is 11.0. The van der Waals surface area contributed by atoms with Gasteiger partial charge in [-0.15, -0.1) is 0 Å². The van der Waals surface area contributed by atoms with Crippen LogP contribution in [-0.4, -0.2) is 19.1 Å². The van der Waals surface area contributed by atoms with E-state index in [2.05, 4.69) is 40.1 Å². The Labute approximate surface area is 163 Å². The Kier molecular flexibility index (Phi) is 8.59. The minimum atomic E-state index is -0.0846. The molecule has 0 spiro atoms. The van der Waals surface area contributed by atoms with E-state index < -0.39 is 0 Å². The van der Waals surface area contributed by atoms with Crippen LogP contribution >= 0.6 is 22.6 Å². The molecule has 2 aromatic carbocycles. The number of ether oxygens (including phenoxy) is 1. The van der Waals surface area contributed by atoms with Crippen molar-refractivity contribution >= 4 is 39.9 Å². The first-order valence-corrected chi connectivity index (χ1v) is 9.77. The predicted octanol–water partition coefficient (Wildman–Crippen LogP) is 5.30. The SMILES string of the molecule is CCCCCCOc1cccc(NC(=O)CNc2ccc(I)cc2)c1. The number of rotatable bonds is 10. The van der Waals surface area contributed by atoms with Crippen molar-refractivity contribution < 1.29 is 9.53 Å². The molecule has 0 saturated heterocycles. The fraction of sp³-hybridized carbons (Fsp3) is 0.350. The number of benzene rings is 2. The summed E-state index contributed by atoms with van der Waals surface area (Å²) >= 11 is 2.25. The molecule has 25 heavy (non-hydrogen) atoms. The summed E-state index contributed by atoms with van der Waals surface area (Å²) in [5.74, 6) is 0.707. The van der Waals surface area contributed by atoms with E-state index in [0.717, 1.165) is 23.5 Å². The summed E-state index contributed by atoms with van der Waals surface area (Å²) in [7, 11) is 0. The van der Waals surface area contributed by atoms with Gasteiger partial charge in [-0.1, -0.05) is 32.3 Å². The summed E-state index contributed by atoms with van der Waals surface area (Å²) in [6, 6.07) is 15.5. The van der Waals surface area contributed by atoms with E-state index in [0.29, 0.717) is 6.61 Å². The number of carbonyl (C=O) groups excluding carboxylic acids is 1. The standard InChI is InChI=1S/C20H25IN2O2/c1-2-3-4-5-13-25-19-8-6-7-18(14-19)23-20(24)15-22-17-11-9-16(21)10-12-17/h6-12,14,22H,2-5,13,15H2,1H3,(H,23,24). The number of anilines is 2. The van der Waals surface area contributed by atoms with Gasteiger partial charge in [-0.2, -0.15) is 0 Å². The average molecular weight is 452 g/mol. The van der Waals surface area contributed by atoms with Gasteiger partial charge in [0.25, 0.3) is 0 Å². The summed E-state index contributed by atoms with van der Waals surface area (Å²) in [5, 5.41) is 6.01.